The third-order valence-electron chi connectivity index (χ3n) is 2.19. The first-order valence-electron chi connectivity index (χ1n) is 3.70. The Bertz CT molecular complexity index is 407. The zero-order chi connectivity index (χ0) is 14.8. The Kier molecular flexibility index (Phi) is 2.92. The van der Waals surface area contributed by atoms with Gasteiger partial charge in [0.15, 0.2) is 0 Å². The van der Waals surface area contributed by atoms with Crippen molar-refractivity contribution < 1.29 is 52.1 Å². The topological polar surface area (TPSA) is 43.4 Å². The van der Waals surface area contributed by atoms with Crippen LogP contribution in [0.25, 0.3) is 0 Å². The van der Waals surface area contributed by atoms with Gasteiger partial charge in [-0.3, -0.25) is 0 Å². The van der Waals surface area contributed by atoms with E-state index in [4.69, 9.17) is 0 Å². The molecule has 0 N–H and O–H groups in total. The Morgan fingerprint density at radius 1 is 0.611 bits per heavy atom. The Balaban J connectivity index is 3.62. The molecule has 0 heterocycles. The molecule has 0 aromatic heterocycles. The van der Waals surface area contributed by atoms with Crippen molar-refractivity contribution in [2.75, 3.05) is 0 Å². The molecule has 1 aliphatic rings. The Morgan fingerprint density at radius 3 is 1.11 bits per heavy atom. The first-order valence-corrected chi connectivity index (χ1v) is 4.80. The highest BCUT2D eigenvalue weighted by molar-refractivity contribution is 7.67. The number of halogens is 9. The van der Waals surface area contributed by atoms with E-state index in [9.17, 15) is 47.9 Å². The van der Waals surface area contributed by atoms with E-state index in [1.165, 1.54) is 0 Å². The lowest BCUT2D eigenvalue weighted by Crippen LogP contribution is -2.56. The Hall–Kier alpha value is -0.720. The van der Waals surface area contributed by atoms with Gasteiger partial charge in [-0.1, -0.05) is 0 Å². The van der Waals surface area contributed by atoms with Gasteiger partial charge in [-0.25, -0.2) is 12.6 Å². The summed E-state index contributed by atoms with van der Waals surface area (Å²) in [6.45, 7) is 0. The van der Waals surface area contributed by atoms with Crippen LogP contribution in [-0.4, -0.2) is 38.0 Å². The SMILES string of the molecule is O=[SH](=O)OC1(F)C(F)(F)C(F)(F)C(F)(F)C1(F)F. The van der Waals surface area contributed by atoms with Gasteiger partial charge in [-0.05, 0) is 0 Å². The lowest BCUT2D eigenvalue weighted by Gasteiger charge is -2.27. The predicted molar refractivity (Wildman–Crippen MR) is 35.0 cm³/mol. The van der Waals surface area contributed by atoms with Gasteiger partial charge in [0.1, 0.15) is 0 Å². The van der Waals surface area contributed by atoms with E-state index in [-0.39, 0.29) is 0 Å². The molecule has 18 heavy (non-hydrogen) atoms. The standard InChI is InChI=1S/C5HF9O3S/c6-1(7)2(8,9)4(12,13)5(14,3(1,10)11)17-18(15)16/h18H. The maximum absolute atomic E-state index is 13.0. The molecular weight excluding hydrogens is 311 g/mol. The van der Waals surface area contributed by atoms with Gasteiger partial charge in [0.05, 0.1) is 0 Å². The monoisotopic (exact) mass is 312 g/mol. The minimum absolute atomic E-state index is 2.33. The molecular formula is C5HF9O3S. The van der Waals surface area contributed by atoms with Crippen LogP contribution in [-0.2, 0) is 15.2 Å². The molecule has 0 atom stereocenters. The molecule has 13 heteroatoms. The van der Waals surface area contributed by atoms with E-state index in [1.54, 1.807) is 0 Å². The highest BCUT2D eigenvalue weighted by atomic mass is 32.2. The van der Waals surface area contributed by atoms with Crippen LogP contribution in [0.15, 0.2) is 0 Å². The number of thiol groups is 1. The summed E-state index contributed by atoms with van der Waals surface area (Å²) in [5.41, 5.74) is 0. The lowest BCUT2D eigenvalue weighted by molar-refractivity contribution is -0.322. The van der Waals surface area contributed by atoms with Crippen molar-refractivity contribution in [1.82, 2.24) is 0 Å². The quantitative estimate of drug-likeness (QED) is 0.624. The molecule has 0 aromatic carbocycles. The van der Waals surface area contributed by atoms with Crippen LogP contribution in [0.4, 0.5) is 39.5 Å². The highest BCUT2D eigenvalue weighted by Crippen LogP contribution is 2.69. The number of hydrogen-bond donors (Lipinski definition) is 1. The first kappa shape index (κ1) is 15.3. The van der Waals surface area contributed by atoms with Gasteiger partial charge in [0.2, 0.25) is 0 Å². The summed E-state index contributed by atoms with van der Waals surface area (Å²) in [5, 5.41) is 0. The van der Waals surface area contributed by atoms with Crippen LogP contribution in [0.3, 0.4) is 0 Å². The average Bonchev–Trinajstić information content (AvgIpc) is 2.17. The van der Waals surface area contributed by atoms with Crippen molar-refractivity contribution >= 4 is 11.0 Å². The third kappa shape index (κ3) is 1.28. The zero-order valence-corrected chi connectivity index (χ0v) is 8.47. The molecule has 1 rings (SSSR count). The molecule has 0 radical (unpaired) electrons. The minimum atomic E-state index is -6.84. The minimum Gasteiger partial charge on any atom is -0.219 e. The molecule has 1 saturated carbocycles. The van der Waals surface area contributed by atoms with Crippen LogP contribution < -0.4 is 0 Å². The summed E-state index contributed by atoms with van der Waals surface area (Å²) >= 11 is 0. The van der Waals surface area contributed by atoms with Crippen LogP contribution in [0.2, 0.25) is 0 Å². The molecule has 0 saturated heterocycles. The lowest BCUT2D eigenvalue weighted by atomic mass is 10.1. The molecule has 0 bridgehead atoms. The second-order valence-electron chi connectivity index (χ2n) is 3.21. The number of hydrogen-bond acceptors (Lipinski definition) is 3. The van der Waals surface area contributed by atoms with Crippen LogP contribution in [0.1, 0.15) is 0 Å². The fourth-order valence-electron chi connectivity index (χ4n) is 1.21. The summed E-state index contributed by atoms with van der Waals surface area (Å²) in [7, 11) is -4.86. The maximum atomic E-state index is 13.0. The Labute approximate surface area is 93.7 Å². The van der Waals surface area contributed by atoms with E-state index in [0.717, 1.165) is 0 Å². The fraction of sp³-hybridized carbons (Fsp3) is 1.00. The van der Waals surface area contributed by atoms with E-state index in [2.05, 4.69) is 4.18 Å². The van der Waals surface area contributed by atoms with E-state index < -0.39 is 40.5 Å². The van der Waals surface area contributed by atoms with Crippen LogP contribution in [0.5, 0.6) is 0 Å². The molecule has 0 unspecified atom stereocenters. The molecule has 0 aromatic rings. The van der Waals surface area contributed by atoms with Gasteiger partial charge in [0, 0.05) is 0 Å². The summed E-state index contributed by atoms with van der Waals surface area (Å²) in [5.74, 6) is -33.6. The second kappa shape index (κ2) is 3.43. The van der Waals surface area contributed by atoms with E-state index in [0.29, 0.717) is 0 Å². The summed E-state index contributed by atoms with van der Waals surface area (Å²) in [6, 6.07) is 0. The Morgan fingerprint density at radius 2 is 0.889 bits per heavy atom. The van der Waals surface area contributed by atoms with Gasteiger partial charge in [-0.15, -0.1) is 0 Å². The third-order valence-corrected chi connectivity index (χ3v) is 2.59. The van der Waals surface area contributed by atoms with Crippen molar-refractivity contribution in [2.24, 2.45) is 0 Å². The van der Waals surface area contributed by atoms with Crippen LogP contribution >= 0.6 is 0 Å². The summed E-state index contributed by atoms with van der Waals surface area (Å²) in [4.78, 5) is 0. The molecule has 1 aliphatic carbocycles. The van der Waals surface area contributed by atoms with E-state index in [1.807, 2.05) is 0 Å². The highest BCUT2D eigenvalue weighted by Gasteiger charge is 3.02. The number of rotatable bonds is 2. The van der Waals surface area contributed by atoms with Crippen molar-refractivity contribution in [3.05, 3.63) is 0 Å². The van der Waals surface area contributed by atoms with Gasteiger partial charge in [0.25, 0.3) is 11.0 Å². The number of alkyl halides is 9. The predicted octanol–water partition coefficient (Wildman–Crippen LogP) is 1.75. The molecule has 0 spiro atoms. The van der Waals surface area contributed by atoms with Crippen molar-refractivity contribution in [2.45, 2.75) is 29.5 Å². The van der Waals surface area contributed by atoms with Gasteiger partial charge < -0.3 is 0 Å². The summed E-state index contributed by atoms with van der Waals surface area (Å²) in [6.07, 6.45) is 0. The summed E-state index contributed by atoms with van der Waals surface area (Å²) < 4.78 is 135. The normalized spacial score (nSPS) is 30.6. The van der Waals surface area contributed by atoms with E-state index >= 15 is 0 Å². The maximum Gasteiger partial charge on any atom is 0.384 e. The molecule has 1 fully saturated rings. The largest absolute Gasteiger partial charge is 0.384 e. The van der Waals surface area contributed by atoms with Crippen molar-refractivity contribution in [3.8, 4) is 0 Å². The molecule has 0 amide bonds. The van der Waals surface area contributed by atoms with Crippen molar-refractivity contribution in [1.29, 1.82) is 0 Å². The van der Waals surface area contributed by atoms with Gasteiger partial charge >= 0.3 is 29.5 Å². The smallest absolute Gasteiger partial charge is 0.219 e. The molecule has 108 valence electrons. The van der Waals surface area contributed by atoms with Crippen LogP contribution in [0, 0.1) is 0 Å². The second-order valence-corrected chi connectivity index (χ2v) is 3.84. The average molecular weight is 312 g/mol. The van der Waals surface area contributed by atoms with Gasteiger partial charge in [-0.2, -0.15) is 39.5 Å². The van der Waals surface area contributed by atoms with Crippen molar-refractivity contribution in [3.63, 3.8) is 0 Å². The first-order chi connectivity index (χ1) is 7.67. The fourth-order valence-corrected chi connectivity index (χ4v) is 1.65. The molecule has 3 nitrogen and oxygen atoms in total. The molecule has 0 aliphatic heterocycles. The zero-order valence-electron chi connectivity index (χ0n) is 7.57.